The van der Waals surface area contributed by atoms with Gasteiger partial charge in [-0.25, -0.2) is 0 Å². The third kappa shape index (κ3) is 1.77. The molecule has 4 fully saturated rings. The Morgan fingerprint density at radius 3 is 2.90 bits per heavy atom. The van der Waals surface area contributed by atoms with Crippen LogP contribution in [-0.4, -0.2) is 24.9 Å². The van der Waals surface area contributed by atoms with Crippen LogP contribution in [-0.2, 0) is 9.47 Å². The minimum absolute atomic E-state index is 0.0152. The van der Waals surface area contributed by atoms with Gasteiger partial charge in [-0.15, -0.1) is 0 Å². The summed E-state index contributed by atoms with van der Waals surface area (Å²) in [5, 5.41) is 9.07. The first kappa shape index (κ1) is 13.1. The molecule has 1 spiro atoms. The van der Waals surface area contributed by atoms with Crippen LogP contribution in [0.3, 0.4) is 0 Å². The first-order chi connectivity index (χ1) is 9.74. The third-order valence-corrected chi connectivity index (χ3v) is 6.64. The van der Waals surface area contributed by atoms with Crippen molar-refractivity contribution in [1.29, 1.82) is 5.26 Å². The number of nitrogens with zero attached hydrogens (tertiary/aromatic N) is 1. The Morgan fingerprint density at radius 2 is 2.20 bits per heavy atom. The molecular weight excluding hydrogens is 250 g/mol. The Morgan fingerprint density at radius 1 is 1.35 bits per heavy atom. The fourth-order valence-corrected chi connectivity index (χ4v) is 5.62. The van der Waals surface area contributed by atoms with Gasteiger partial charge in [-0.1, -0.05) is 12.8 Å². The topological polar surface area (TPSA) is 45.5 Å². The van der Waals surface area contributed by atoms with Gasteiger partial charge in [0.05, 0.1) is 23.9 Å². The molecule has 0 bridgehead atoms. The Labute approximate surface area is 121 Å². The van der Waals surface area contributed by atoms with Crippen LogP contribution < -0.4 is 0 Å². The largest absolute Gasteiger partial charge is 0.378 e. The highest BCUT2D eigenvalue weighted by molar-refractivity contribution is 5.17. The molecule has 3 heteroatoms. The number of rotatable bonds is 3. The number of fused-ring (bicyclic) bond motifs is 1. The van der Waals surface area contributed by atoms with Crippen LogP contribution in [0.5, 0.6) is 0 Å². The average Bonchev–Trinajstić information content (AvgIpc) is 3.36. The van der Waals surface area contributed by atoms with Gasteiger partial charge in [-0.2, -0.15) is 5.26 Å². The maximum atomic E-state index is 9.07. The minimum atomic E-state index is 0.0152. The van der Waals surface area contributed by atoms with E-state index in [1.165, 1.54) is 38.5 Å². The molecule has 20 heavy (non-hydrogen) atoms. The van der Waals surface area contributed by atoms with Crippen LogP contribution >= 0.6 is 0 Å². The quantitative estimate of drug-likeness (QED) is 0.742. The smallest absolute Gasteiger partial charge is 0.0972 e. The molecule has 4 rings (SSSR count). The lowest BCUT2D eigenvalue weighted by molar-refractivity contribution is -0.137. The zero-order valence-electron chi connectivity index (χ0n) is 12.4. The molecular formula is C17H25NO2. The molecule has 110 valence electrons. The number of nitriles is 1. The Hall–Kier alpha value is -0.590. The van der Waals surface area contributed by atoms with Gasteiger partial charge in [0.25, 0.3) is 0 Å². The molecule has 6 atom stereocenters. The lowest BCUT2D eigenvalue weighted by Gasteiger charge is -2.49. The van der Waals surface area contributed by atoms with Crippen LogP contribution in [0, 0.1) is 35.0 Å². The second-order valence-corrected chi connectivity index (χ2v) is 7.58. The highest BCUT2D eigenvalue weighted by Gasteiger charge is 2.68. The summed E-state index contributed by atoms with van der Waals surface area (Å²) >= 11 is 0. The van der Waals surface area contributed by atoms with E-state index in [1.807, 2.05) is 7.11 Å². The first-order valence-electron chi connectivity index (χ1n) is 8.30. The van der Waals surface area contributed by atoms with Gasteiger partial charge in [0.15, 0.2) is 0 Å². The molecule has 0 aromatic carbocycles. The molecule has 1 heterocycles. The summed E-state index contributed by atoms with van der Waals surface area (Å²) in [6, 6.07) is 2.39. The van der Waals surface area contributed by atoms with Gasteiger partial charge >= 0.3 is 0 Å². The van der Waals surface area contributed by atoms with E-state index >= 15 is 0 Å². The zero-order valence-corrected chi connectivity index (χ0v) is 12.4. The number of epoxide rings is 1. The fraction of sp³-hybridized carbons (Fsp3) is 0.941. The van der Waals surface area contributed by atoms with Gasteiger partial charge in [-0.3, -0.25) is 0 Å². The fourth-order valence-electron chi connectivity index (χ4n) is 5.62. The molecule has 4 aliphatic rings. The summed E-state index contributed by atoms with van der Waals surface area (Å²) in [5.74, 6) is 2.68. The summed E-state index contributed by atoms with van der Waals surface area (Å²) in [6.45, 7) is 0.948. The van der Waals surface area contributed by atoms with Crippen molar-refractivity contribution in [1.82, 2.24) is 0 Å². The molecule has 3 nitrogen and oxygen atoms in total. The maximum Gasteiger partial charge on any atom is 0.0972 e. The van der Waals surface area contributed by atoms with Gasteiger partial charge in [0, 0.05) is 19.4 Å². The van der Waals surface area contributed by atoms with E-state index in [0.717, 1.165) is 24.9 Å². The third-order valence-electron chi connectivity index (χ3n) is 6.64. The second kappa shape index (κ2) is 4.45. The van der Waals surface area contributed by atoms with Crippen molar-refractivity contribution < 1.29 is 9.47 Å². The number of hydrogen-bond acceptors (Lipinski definition) is 3. The van der Waals surface area contributed by atoms with Crippen LogP contribution in [0.15, 0.2) is 0 Å². The normalized spacial score (nSPS) is 53.2. The Kier molecular flexibility index (Phi) is 2.91. The lowest BCUT2D eigenvalue weighted by Crippen LogP contribution is -2.53. The number of methoxy groups -OCH3 is 1. The average molecular weight is 275 g/mol. The highest BCUT2D eigenvalue weighted by atomic mass is 16.6. The van der Waals surface area contributed by atoms with E-state index < -0.39 is 0 Å². The molecule has 1 saturated heterocycles. The summed E-state index contributed by atoms with van der Waals surface area (Å²) in [6.07, 6.45) is 9.49. The van der Waals surface area contributed by atoms with Crippen molar-refractivity contribution in [2.24, 2.45) is 23.7 Å². The summed E-state index contributed by atoms with van der Waals surface area (Å²) < 4.78 is 12.2. The van der Waals surface area contributed by atoms with Gasteiger partial charge in [0.1, 0.15) is 0 Å². The van der Waals surface area contributed by atoms with Crippen molar-refractivity contribution in [3.63, 3.8) is 0 Å². The summed E-state index contributed by atoms with van der Waals surface area (Å²) in [7, 11) is 1.91. The molecule has 0 amide bonds. The Balaban J connectivity index is 1.63. The Bertz CT molecular complexity index is 439. The van der Waals surface area contributed by atoms with Crippen molar-refractivity contribution in [2.75, 3.05) is 13.7 Å². The minimum Gasteiger partial charge on any atom is -0.378 e. The van der Waals surface area contributed by atoms with E-state index in [2.05, 4.69) is 6.07 Å². The molecule has 0 aromatic rings. The molecule has 0 aromatic heterocycles. The van der Waals surface area contributed by atoms with E-state index in [-0.39, 0.29) is 11.2 Å². The zero-order chi connectivity index (χ0) is 13.8. The van der Waals surface area contributed by atoms with Gasteiger partial charge in [-0.05, 0) is 49.9 Å². The van der Waals surface area contributed by atoms with Crippen molar-refractivity contribution in [3.8, 4) is 6.07 Å². The van der Waals surface area contributed by atoms with E-state index in [9.17, 15) is 0 Å². The van der Waals surface area contributed by atoms with Crippen LogP contribution in [0.1, 0.15) is 51.4 Å². The molecule has 0 radical (unpaired) electrons. The van der Waals surface area contributed by atoms with E-state index in [1.54, 1.807) is 0 Å². The lowest BCUT2D eigenvalue weighted by atomic mass is 9.62. The van der Waals surface area contributed by atoms with Gasteiger partial charge in [0.2, 0.25) is 0 Å². The predicted octanol–water partition coefficient (Wildman–Crippen LogP) is 3.29. The van der Waals surface area contributed by atoms with E-state index in [4.69, 9.17) is 14.7 Å². The van der Waals surface area contributed by atoms with Gasteiger partial charge < -0.3 is 9.47 Å². The first-order valence-corrected chi connectivity index (χ1v) is 8.30. The molecule has 1 aliphatic heterocycles. The summed E-state index contributed by atoms with van der Waals surface area (Å²) in [5.41, 5.74) is 0.164. The van der Waals surface area contributed by atoms with Crippen LogP contribution in [0.4, 0.5) is 0 Å². The maximum absolute atomic E-state index is 9.07. The van der Waals surface area contributed by atoms with Crippen molar-refractivity contribution >= 4 is 0 Å². The molecule has 3 aliphatic carbocycles. The summed E-state index contributed by atoms with van der Waals surface area (Å²) in [4.78, 5) is 0. The van der Waals surface area contributed by atoms with E-state index in [0.29, 0.717) is 18.3 Å². The number of hydrogen-bond donors (Lipinski definition) is 0. The standard InChI is InChI=1S/C17H25NO2/c1-19-17(15-4-2-3-6-16(15)11-20-16)10-12(5-7-18)8-13-9-14(13)17/h12-15H,2-6,8-11H2,1H3/t12-,13+,14-,15+,16-,17+/m1/s1. The monoisotopic (exact) mass is 275 g/mol. The van der Waals surface area contributed by atoms with Crippen molar-refractivity contribution in [3.05, 3.63) is 0 Å². The predicted molar refractivity (Wildman–Crippen MR) is 74.9 cm³/mol. The van der Waals surface area contributed by atoms with Crippen LogP contribution in [0.25, 0.3) is 0 Å². The highest BCUT2D eigenvalue weighted by Crippen LogP contribution is 2.65. The molecule has 0 N–H and O–H groups in total. The SMILES string of the molecule is CO[C@@]1([C@H]2CCCC[C@@]23CO3)C[C@H](CC#N)C[C@H]2C[C@H]21. The number of ether oxygens (including phenoxy) is 2. The van der Waals surface area contributed by atoms with Crippen molar-refractivity contribution in [2.45, 2.75) is 62.6 Å². The molecule has 3 saturated carbocycles. The second-order valence-electron chi connectivity index (χ2n) is 7.58. The van der Waals surface area contributed by atoms with Crippen LogP contribution in [0.2, 0.25) is 0 Å². The molecule has 0 unspecified atom stereocenters.